The molecule has 1 fully saturated rings. The molecule has 2 N–H and O–H groups in total. The second-order valence-corrected chi connectivity index (χ2v) is 7.20. The fraction of sp³-hybridized carbons (Fsp3) is 0.500. The van der Waals surface area contributed by atoms with E-state index in [4.69, 9.17) is 4.74 Å². The van der Waals surface area contributed by atoms with Crippen molar-refractivity contribution in [2.24, 2.45) is 0 Å². The van der Waals surface area contributed by atoms with Crippen LogP contribution in [0.3, 0.4) is 0 Å². The summed E-state index contributed by atoms with van der Waals surface area (Å²) in [6, 6.07) is 7.03. The molecule has 0 spiro atoms. The Bertz CT molecular complexity index is 752. The maximum Gasteiger partial charge on any atom is 0.326 e. The summed E-state index contributed by atoms with van der Waals surface area (Å²) in [4.78, 5) is 23.2. The van der Waals surface area contributed by atoms with Gasteiger partial charge in [0, 0.05) is 18.5 Å². The number of para-hydroxylation sites is 1. The van der Waals surface area contributed by atoms with Crippen molar-refractivity contribution >= 4 is 34.5 Å². The first-order valence-electron chi connectivity index (χ1n) is 8.71. The van der Waals surface area contributed by atoms with Crippen LogP contribution in [0.1, 0.15) is 12.2 Å². The minimum atomic E-state index is -0.864. The molecule has 1 aliphatic rings. The predicted octanol–water partition coefficient (Wildman–Crippen LogP) is 2.08. The highest BCUT2D eigenvalue weighted by Crippen LogP contribution is 2.22. The van der Waals surface area contributed by atoms with E-state index < -0.39 is 12.0 Å². The second kappa shape index (κ2) is 9.16. The van der Waals surface area contributed by atoms with Crippen LogP contribution < -0.4 is 5.32 Å². The van der Waals surface area contributed by atoms with Gasteiger partial charge in [0.05, 0.1) is 25.3 Å². The van der Waals surface area contributed by atoms with Crippen LogP contribution in [0.25, 0.3) is 10.9 Å². The molecular weight excluding hydrogens is 352 g/mol. The number of morpholine rings is 1. The monoisotopic (exact) mass is 376 g/mol. The minimum absolute atomic E-state index is 0.535. The fourth-order valence-corrected chi connectivity index (χ4v) is 3.39. The number of carboxylic acids is 1. The van der Waals surface area contributed by atoms with Crippen molar-refractivity contribution < 1.29 is 14.6 Å². The fourth-order valence-electron chi connectivity index (χ4n) is 2.92. The molecule has 7 nitrogen and oxygen atoms in total. The number of carboxylic acid groups (broad SMARTS) is 1. The van der Waals surface area contributed by atoms with Gasteiger partial charge in [0.25, 0.3) is 0 Å². The average molecular weight is 376 g/mol. The molecule has 0 bridgehead atoms. The molecule has 1 atom stereocenters. The molecule has 1 aromatic carbocycles. The molecular formula is C18H24N4O3S. The van der Waals surface area contributed by atoms with E-state index in [1.807, 2.05) is 30.5 Å². The Labute approximate surface area is 157 Å². The van der Waals surface area contributed by atoms with Gasteiger partial charge in [-0.05, 0) is 30.6 Å². The molecule has 2 heterocycles. The Hall–Kier alpha value is -1.90. The Balaban J connectivity index is 1.87. The van der Waals surface area contributed by atoms with Gasteiger partial charge in [-0.1, -0.05) is 12.1 Å². The number of nitrogens with one attached hydrogen (secondary N) is 1. The third-order valence-corrected chi connectivity index (χ3v) is 4.98. The first-order chi connectivity index (χ1) is 12.7. The van der Waals surface area contributed by atoms with Crippen LogP contribution in [0, 0.1) is 0 Å². The standard InChI is InChI=1S/C18H24N4O3S/c1-26-11-6-15(18(23)24)20-17-13-4-2-3-5-14(13)19-16(21-17)12-22-7-9-25-10-8-22/h2-5,15H,6-12H2,1H3,(H,23,24)(H,19,20,21). The summed E-state index contributed by atoms with van der Waals surface area (Å²) in [7, 11) is 0. The number of nitrogens with zero attached hydrogens (tertiary/aromatic N) is 3. The molecule has 1 aliphatic heterocycles. The van der Waals surface area contributed by atoms with Gasteiger partial charge in [0.15, 0.2) is 0 Å². The van der Waals surface area contributed by atoms with Crippen LogP contribution in [0.5, 0.6) is 0 Å². The van der Waals surface area contributed by atoms with Crippen LogP contribution in [0.4, 0.5) is 5.82 Å². The second-order valence-electron chi connectivity index (χ2n) is 6.21. The average Bonchev–Trinajstić information content (AvgIpc) is 2.65. The van der Waals surface area contributed by atoms with Crippen molar-refractivity contribution in [3.63, 3.8) is 0 Å². The largest absolute Gasteiger partial charge is 0.480 e. The first-order valence-corrected chi connectivity index (χ1v) is 10.1. The quantitative estimate of drug-likeness (QED) is 0.724. The van der Waals surface area contributed by atoms with Crippen LogP contribution >= 0.6 is 11.8 Å². The van der Waals surface area contributed by atoms with E-state index in [0.717, 1.165) is 29.7 Å². The smallest absolute Gasteiger partial charge is 0.326 e. The lowest BCUT2D eigenvalue weighted by Gasteiger charge is -2.26. The summed E-state index contributed by atoms with van der Waals surface area (Å²) < 4.78 is 5.39. The van der Waals surface area contributed by atoms with Gasteiger partial charge in [-0.15, -0.1) is 0 Å². The SMILES string of the molecule is CSCCC(Nc1nc(CN2CCOCC2)nc2ccccc12)C(=O)O. The van der Waals surface area contributed by atoms with E-state index in [0.29, 0.717) is 37.8 Å². The first kappa shape index (κ1) is 18.9. The molecule has 26 heavy (non-hydrogen) atoms. The number of rotatable bonds is 8. The third-order valence-electron chi connectivity index (χ3n) is 4.34. The number of benzene rings is 1. The Morgan fingerprint density at radius 2 is 2.12 bits per heavy atom. The summed E-state index contributed by atoms with van der Waals surface area (Å²) in [6.45, 7) is 3.77. The van der Waals surface area contributed by atoms with E-state index >= 15 is 0 Å². The van der Waals surface area contributed by atoms with Crippen molar-refractivity contribution in [1.82, 2.24) is 14.9 Å². The van der Waals surface area contributed by atoms with Crippen LogP contribution in [-0.4, -0.2) is 70.3 Å². The van der Waals surface area contributed by atoms with Gasteiger partial charge >= 0.3 is 5.97 Å². The van der Waals surface area contributed by atoms with Gasteiger partial charge in [0.2, 0.25) is 0 Å². The van der Waals surface area contributed by atoms with Gasteiger partial charge in [-0.3, -0.25) is 4.90 Å². The Kier molecular flexibility index (Phi) is 6.65. The number of aliphatic carboxylic acids is 1. The highest BCUT2D eigenvalue weighted by molar-refractivity contribution is 7.98. The van der Waals surface area contributed by atoms with Crippen molar-refractivity contribution in [3.05, 3.63) is 30.1 Å². The van der Waals surface area contributed by atoms with E-state index in [1.165, 1.54) is 0 Å². The molecule has 3 rings (SSSR count). The Morgan fingerprint density at radius 3 is 2.85 bits per heavy atom. The zero-order valence-electron chi connectivity index (χ0n) is 14.9. The van der Waals surface area contributed by atoms with Gasteiger partial charge in [-0.2, -0.15) is 11.8 Å². The molecule has 0 amide bonds. The minimum Gasteiger partial charge on any atom is -0.480 e. The molecule has 1 aromatic heterocycles. The van der Waals surface area contributed by atoms with Crippen molar-refractivity contribution in [1.29, 1.82) is 0 Å². The summed E-state index contributed by atoms with van der Waals surface area (Å²) in [5.41, 5.74) is 0.822. The zero-order valence-corrected chi connectivity index (χ0v) is 15.7. The number of carbonyl (C=O) groups is 1. The van der Waals surface area contributed by atoms with E-state index in [2.05, 4.69) is 20.2 Å². The van der Waals surface area contributed by atoms with Crippen LogP contribution in [0.15, 0.2) is 24.3 Å². The number of anilines is 1. The van der Waals surface area contributed by atoms with E-state index in [1.54, 1.807) is 11.8 Å². The molecule has 0 radical (unpaired) electrons. The van der Waals surface area contributed by atoms with Crippen LogP contribution in [-0.2, 0) is 16.1 Å². The lowest BCUT2D eigenvalue weighted by Crippen LogP contribution is -2.36. The van der Waals surface area contributed by atoms with E-state index in [-0.39, 0.29) is 0 Å². The van der Waals surface area contributed by atoms with Gasteiger partial charge < -0.3 is 15.2 Å². The van der Waals surface area contributed by atoms with Crippen molar-refractivity contribution in [2.45, 2.75) is 19.0 Å². The highest BCUT2D eigenvalue weighted by atomic mass is 32.2. The summed E-state index contributed by atoms with van der Waals surface area (Å²) in [5.74, 6) is 1.19. The van der Waals surface area contributed by atoms with E-state index in [9.17, 15) is 9.90 Å². The topological polar surface area (TPSA) is 87.6 Å². The third kappa shape index (κ3) is 4.84. The molecule has 1 saturated heterocycles. The Morgan fingerprint density at radius 1 is 1.35 bits per heavy atom. The lowest BCUT2D eigenvalue weighted by atomic mass is 10.2. The number of ether oxygens (including phenoxy) is 1. The molecule has 0 aliphatic carbocycles. The normalized spacial score (nSPS) is 16.5. The number of aromatic nitrogens is 2. The lowest BCUT2D eigenvalue weighted by molar-refractivity contribution is -0.137. The highest BCUT2D eigenvalue weighted by Gasteiger charge is 2.20. The summed E-state index contributed by atoms with van der Waals surface area (Å²) >= 11 is 1.63. The predicted molar refractivity (Wildman–Crippen MR) is 104 cm³/mol. The van der Waals surface area contributed by atoms with Gasteiger partial charge in [0.1, 0.15) is 17.7 Å². The van der Waals surface area contributed by atoms with Gasteiger partial charge in [-0.25, -0.2) is 14.8 Å². The maximum atomic E-state index is 11.6. The van der Waals surface area contributed by atoms with Crippen LogP contribution in [0.2, 0.25) is 0 Å². The molecule has 8 heteroatoms. The number of thioether (sulfide) groups is 1. The molecule has 140 valence electrons. The zero-order chi connectivity index (χ0) is 18.4. The number of hydrogen-bond donors (Lipinski definition) is 2. The number of hydrogen-bond acceptors (Lipinski definition) is 7. The van der Waals surface area contributed by atoms with Crippen molar-refractivity contribution in [3.8, 4) is 0 Å². The molecule has 0 saturated carbocycles. The maximum absolute atomic E-state index is 11.6. The van der Waals surface area contributed by atoms with Crippen molar-refractivity contribution in [2.75, 3.05) is 43.6 Å². The summed E-state index contributed by atoms with van der Waals surface area (Å²) in [6.07, 6.45) is 2.51. The molecule has 1 unspecified atom stereocenters. The molecule has 2 aromatic rings. The summed E-state index contributed by atoms with van der Waals surface area (Å²) in [5, 5.41) is 13.5. The number of fused-ring (bicyclic) bond motifs is 1.